The summed E-state index contributed by atoms with van der Waals surface area (Å²) in [5, 5.41) is 6.13. The summed E-state index contributed by atoms with van der Waals surface area (Å²) >= 11 is 7.66. The number of halogens is 1. The van der Waals surface area contributed by atoms with Gasteiger partial charge in [0.25, 0.3) is 0 Å². The number of hydrogen-bond acceptors (Lipinski definition) is 3. The molecule has 0 bridgehead atoms. The minimum absolute atomic E-state index is 0.313. The molecule has 2 nitrogen and oxygen atoms in total. The highest BCUT2D eigenvalue weighted by molar-refractivity contribution is 7.10. The average Bonchev–Trinajstić information content (AvgIpc) is 2.78. The zero-order chi connectivity index (χ0) is 12.3. The molecule has 0 saturated carbocycles. The molecule has 4 heteroatoms. The third-order valence-corrected chi connectivity index (χ3v) is 3.73. The van der Waals surface area contributed by atoms with Gasteiger partial charge < -0.3 is 5.32 Å². The summed E-state index contributed by atoms with van der Waals surface area (Å²) in [5.41, 5.74) is 1.01. The zero-order valence-corrected chi connectivity index (χ0v) is 11.4. The normalized spacial score (nSPS) is 12.7. The van der Waals surface area contributed by atoms with Gasteiger partial charge in [0.2, 0.25) is 0 Å². The van der Waals surface area contributed by atoms with Gasteiger partial charge in [-0.2, -0.15) is 0 Å². The van der Waals surface area contributed by atoms with Crippen molar-refractivity contribution < 1.29 is 0 Å². The Morgan fingerprint density at radius 1 is 1.35 bits per heavy atom. The number of aromatic nitrogens is 1. The van der Waals surface area contributed by atoms with E-state index in [1.807, 2.05) is 12.1 Å². The predicted octanol–water partition coefficient (Wildman–Crippen LogP) is 4.61. The first-order valence-electron chi connectivity index (χ1n) is 5.58. The number of thiophene rings is 1. The molecule has 1 N–H and O–H groups in total. The third-order valence-electron chi connectivity index (χ3n) is 2.57. The lowest BCUT2D eigenvalue weighted by Crippen LogP contribution is -2.15. The summed E-state index contributed by atoms with van der Waals surface area (Å²) < 4.78 is 0. The van der Waals surface area contributed by atoms with Crippen LogP contribution < -0.4 is 5.32 Å². The van der Waals surface area contributed by atoms with Gasteiger partial charge in [-0.05, 0) is 29.5 Å². The molecule has 0 aliphatic heterocycles. The first-order valence-corrected chi connectivity index (χ1v) is 6.84. The van der Waals surface area contributed by atoms with E-state index in [4.69, 9.17) is 11.6 Å². The van der Waals surface area contributed by atoms with Crippen molar-refractivity contribution in [2.75, 3.05) is 5.32 Å². The predicted molar refractivity (Wildman–Crippen MR) is 74.8 cm³/mol. The molecule has 17 heavy (non-hydrogen) atoms. The number of nitrogens with one attached hydrogen (secondary N) is 1. The summed E-state index contributed by atoms with van der Waals surface area (Å²) in [6.45, 7) is 4.42. The summed E-state index contributed by atoms with van der Waals surface area (Å²) in [4.78, 5) is 5.32. The molecule has 0 amide bonds. The van der Waals surface area contributed by atoms with Gasteiger partial charge in [0.15, 0.2) is 0 Å². The largest absolute Gasteiger partial charge is 0.377 e. The van der Waals surface area contributed by atoms with Crippen molar-refractivity contribution in [3.05, 3.63) is 45.9 Å². The number of pyridine rings is 1. The maximum absolute atomic E-state index is 5.88. The lowest BCUT2D eigenvalue weighted by atomic mass is 10.0. The monoisotopic (exact) mass is 266 g/mol. The fourth-order valence-corrected chi connectivity index (χ4v) is 2.83. The molecule has 0 aromatic carbocycles. The second-order valence-corrected chi connectivity index (χ2v) is 5.62. The topological polar surface area (TPSA) is 24.9 Å². The van der Waals surface area contributed by atoms with E-state index in [9.17, 15) is 0 Å². The Bertz CT molecular complexity index is 468. The first-order chi connectivity index (χ1) is 8.16. The molecular formula is C13H15ClN2S. The Hall–Kier alpha value is -1.06. The lowest BCUT2D eigenvalue weighted by molar-refractivity contribution is 0.554. The molecule has 0 fully saturated rings. The van der Waals surface area contributed by atoms with Crippen LogP contribution in [0, 0.1) is 5.92 Å². The summed E-state index contributed by atoms with van der Waals surface area (Å²) in [5.74, 6) is 0.514. The van der Waals surface area contributed by atoms with Gasteiger partial charge in [-0.25, -0.2) is 4.98 Å². The van der Waals surface area contributed by atoms with Crippen molar-refractivity contribution in [2.45, 2.75) is 19.9 Å². The molecule has 90 valence electrons. The van der Waals surface area contributed by atoms with Crippen LogP contribution in [0.15, 0.2) is 35.8 Å². The molecule has 2 heterocycles. The van der Waals surface area contributed by atoms with Crippen molar-refractivity contribution in [1.29, 1.82) is 0 Å². The molecule has 1 atom stereocenters. The van der Waals surface area contributed by atoms with Gasteiger partial charge >= 0.3 is 0 Å². The molecule has 2 aromatic rings. The van der Waals surface area contributed by atoms with E-state index in [2.05, 4.69) is 41.7 Å². The molecule has 0 aliphatic rings. The second kappa shape index (κ2) is 5.52. The molecule has 0 radical (unpaired) electrons. The summed E-state index contributed by atoms with van der Waals surface area (Å²) in [6, 6.07) is 8.34. The SMILES string of the molecule is CC(C)C(Nc1ccnc(Cl)c1)c1cccs1. The minimum Gasteiger partial charge on any atom is -0.377 e. The molecule has 0 saturated heterocycles. The third kappa shape index (κ3) is 3.20. The standard InChI is InChI=1S/C13H15ClN2S/c1-9(2)13(11-4-3-7-17-11)16-10-5-6-15-12(14)8-10/h3-9,13H,1-2H3,(H,15,16). The highest BCUT2D eigenvalue weighted by Crippen LogP contribution is 2.29. The van der Waals surface area contributed by atoms with Crippen LogP contribution in [0.25, 0.3) is 0 Å². The Labute approximate surface area is 111 Å². The zero-order valence-electron chi connectivity index (χ0n) is 9.85. The highest BCUT2D eigenvalue weighted by Gasteiger charge is 2.16. The van der Waals surface area contributed by atoms with Crippen LogP contribution in [0.3, 0.4) is 0 Å². The second-order valence-electron chi connectivity index (χ2n) is 4.25. The summed E-state index contributed by atoms with van der Waals surface area (Å²) in [7, 11) is 0. The van der Waals surface area contributed by atoms with Gasteiger partial charge in [-0.15, -0.1) is 11.3 Å². The van der Waals surface area contributed by atoms with E-state index in [0.717, 1.165) is 5.69 Å². The Morgan fingerprint density at radius 2 is 2.18 bits per heavy atom. The van der Waals surface area contributed by atoms with Gasteiger partial charge in [-0.3, -0.25) is 0 Å². The van der Waals surface area contributed by atoms with Gasteiger partial charge in [0.1, 0.15) is 5.15 Å². The van der Waals surface area contributed by atoms with E-state index in [-0.39, 0.29) is 0 Å². The van der Waals surface area contributed by atoms with Crippen LogP contribution in [-0.4, -0.2) is 4.98 Å². The van der Waals surface area contributed by atoms with Crippen molar-refractivity contribution in [3.8, 4) is 0 Å². The quantitative estimate of drug-likeness (QED) is 0.818. The Balaban J connectivity index is 2.19. The fraction of sp³-hybridized carbons (Fsp3) is 0.308. The Morgan fingerprint density at radius 3 is 2.76 bits per heavy atom. The number of rotatable bonds is 4. The van der Waals surface area contributed by atoms with Gasteiger partial charge in [0.05, 0.1) is 6.04 Å². The van der Waals surface area contributed by atoms with Crippen LogP contribution >= 0.6 is 22.9 Å². The molecule has 0 aliphatic carbocycles. The number of hydrogen-bond donors (Lipinski definition) is 1. The highest BCUT2D eigenvalue weighted by atomic mass is 35.5. The average molecular weight is 267 g/mol. The summed E-state index contributed by atoms with van der Waals surface area (Å²) in [6.07, 6.45) is 1.72. The van der Waals surface area contributed by atoms with Crippen molar-refractivity contribution in [3.63, 3.8) is 0 Å². The maximum Gasteiger partial charge on any atom is 0.131 e. The van der Waals surface area contributed by atoms with Crippen LogP contribution in [0.1, 0.15) is 24.8 Å². The number of anilines is 1. The van der Waals surface area contributed by atoms with E-state index in [0.29, 0.717) is 17.1 Å². The molecule has 2 rings (SSSR count). The van der Waals surface area contributed by atoms with Crippen molar-refractivity contribution >= 4 is 28.6 Å². The number of nitrogens with zero attached hydrogens (tertiary/aromatic N) is 1. The molecule has 2 aromatic heterocycles. The smallest absolute Gasteiger partial charge is 0.131 e. The van der Waals surface area contributed by atoms with Crippen LogP contribution in [-0.2, 0) is 0 Å². The lowest BCUT2D eigenvalue weighted by Gasteiger charge is -2.22. The maximum atomic E-state index is 5.88. The van der Waals surface area contributed by atoms with Crippen molar-refractivity contribution in [2.24, 2.45) is 5.92 Å². The first kappa shape index (κ1) is 12.4. The van der Waals surface area contributed by atoms with E-state index in [1.54, 1.807) is 17.5 Å². The van der Waals surface area contributed by atoms with E-state index < -0.39 is 0 Å². The molecular weight excluding hydrogens is 252 g/mol. The van der Waals surface area contributed by atoms with Gasteiger partial charge in [0, 0.05) is 16.8 Å². The Kier molecular flexibility index (Phi) is 4.02. The van der Waals surface area contributed by atoms with E-state index in [1.165, 1.54) is 4.88 Å². The van der Waals surface area contributed by atoms with Crippen LogP contribution in [0.5, 0.6) is 0 Å². The fourth-order valence-electron chi connectivity index (χ4n) is 1.71. The van der Waals surface area contributed by atoms with E-state index >= 15 is 0 Å². The van der Waals surface area contributed by atoms with Crippen LogP contribution in [0.4, 0.5) is 5.69 Å². The van der Waals surface area contributed by atoms with Crippen molar-refractivity contribution in [1.82, 2.24) is 4.98 Å². The van der Waals surface area contributed by atoms with Crippen LogP contribution in [0.2, 0.25) is 5.15 Å². The minimum atomic E-state index is 0.313. The van der Waals surface area contributed by atoms with Gasteiger partial charge in [-0.1, -0.05) is 31.5 Å². The molecule has 0 spiro atoms. The molecule has 1 unspecified atom stereocenters.